The molecule has 1 heterocycles. The fraction of sp³-hybridized carbons (Fsp3) is 0.222. The summed E-state index contributed by atoms with van der Waals surface area (Å²) >= 11 is 1.62. The Labute approximate surface area is 144 Å². The third kappa shape index (κ3) is 3.23. The Balaban J connectivity index is 1.91. The van der Waals surface area contributed by atoms with Gasteiger partial charge >= 0.3 is 5.97 Å². The summed E-state index contributed by atoms with van der Waals surface area (Å²) in [5.41, 5.74) is 2.09. The maximum absolute atomic E-state index is 11.1. The van der Waals surface area contributed by atoms with E-state index >= 15 is 0 Å². The number of aromatic carboxylic acids is 1. The molecule has 0 bridgehead atoms. The lowest BCUT2D eigenvalue weighted by molar-refractivity contribution is 0.0697. The van der Waals surface area contributed by atoms with Crippen LogP contribution in [0.4, 0.5) is 0 Å². The Morgan fingerprint density at radius 1 is 1.21 bits per heavy atom. The number of carboxylic acid groups (broad SMARTS) is 1. The van der Waals surface area contributed by atoms with Crippen LogP contribution >= 0.6 is 11.8 Å². The highest BCUT2D eigenvalue weighted by molar-refractivity contribution is 8.14. The Kier molecular flexibility index (Phi) is 4.76. The molecule has 1 aliphatic heterocycles. The van der Waals surface area contributed by atoms with Crippen LogP contribution < -0.4 is 9.47 Å². The van der Waals surface area contributed by atoms with Gasteiger partial charge in [-0.3, -0.25) is 4.99 Å². The Bertz CT molecular complexity index is 803. The molecule has 2 aromatic carbocycles. The van der Waals surface area contributed by atoms with Crippen molar-refractivity contribution >= 4 is 22.8 Å². The average Bonchev–Trinajstić information content (AvgIpc) is 3.11. The Morgan fingerprint density at radius 2 is 2.04 bits per heavy atom. The van der Waals surface area contributed by atoms with E-state index in [9.17, 15) is 4.79 Å². The summed E-state index contributed by atoms with van der Waals surface area (Å²) in [7, 11) is 3.24. The Morgan fingerprint density at radius 3 is 2.75 bits per heavy atom. The fourth-order valence-electron chi connectivity index (χ4n) is 2.57. The summed E-state index contributed by atoms with van der Waals surface area (Å²) in [6.07, 6.45) is 0. The quantitative estimate of drug-likeness (QED) is 0.898. The third-order valence-corrected chi connectivity index (χ3v) is 4.90. The number of aliphatic imine (C=N–C) groups is 1. The van der Waals surface area contributed by atoms with E-state index in [-0.39, 0.29) is 11.6 Å². The molecule has 3 rings (SSSR count). The molecular weight excluding hydrogens is 326 g/mol. The van der Waals surface area contributed by atoms with Gasteiger partial charge in [-0.25, -0.2) is 4.79 Å². The van der Waals surface area contributed by atoms with E-state index in [0.717, 1.165) is 33.4 Å². The van der Waals surface area contributed by atoms with Gasteiger partial charge in [-0.05, 0) is 24.3 Å². The third-order valence-electron chi connectivity index (χ3n) is 3.81. The second-order valence-electron chi connectivity index (χ2n) is 5.25. The molecule has 1 aliphatic rings. The zero-order valence-corrected chi connectivity index (χ0v) is 14.2. The van der Waals surface area contributed by atoms with Gasteiger partial charge in [0.15, 0.2) is 0 Å². The molecule has 0 spiro atoms. The van der Waals surface area contributed by atoms with E-state index in [1.54, 1.807) is 44.2 Å². The van der Waals surface area contributed by atoms with E-state index in [2.05, 4.69) is 0 Å². The van der Waals surface area contributed by atoms with Gasteiger partial charge in [0.1, 0.15) is 11.5 Å². The highest BCUT2D eigenvalue weighted by atomic mass is 32.2. The molecule has 0 saturated carbocycles. The molecule has 2 aromatic rings. The van der Waals surface area contributed by atoms with E-state index in [1.807, 2.05) is 24.3 Å². The molecule has 1 unspecified atom stereocenters. The van der Waals surface area contributed by atoms with Gasteiger partial charge < -0.3 is 14.6 Å². The first-order valence-electron chi connectivity index (χ1n) is 7.38. The predicted molar refractivity (Wildman–Crippen MR) is 94.7 cm³/mol. The van der Waals surface area contributed by atoms with Crippen LogP contribution in [0.15, 0.2) is 47.5 Å². The second kappa shape index (κ2) is 6.97. The van der Waals surface area contributed by atoms with Crippen molar-refractivity contribution in [1.29, 1.82) is 0 Å². The first kappa shape index (κ1) is 16.4. The lowest BCUT2D eigenvalue weighted by Gasteiger charge is -2.13. The number of carboxylic acids is 1. The van der Waals surface area contributed by atoms with Crippen LogP contribution in [0.25, 0.3) is 0 Å². The molecule has 5 nitrogen and oxygen atoms in total. The number of carbonyl (C=O) groups is 1. The van der Waals surface area contributed by atoms with E-state index in [1.165, 1.54) is 0 Å². The zero-order valence-electron chi connectivity index (χ0n) is 13.4. The minimum atomic E-state index is -0.936. The zero-order chi connectivity index (χ0) is 17.1. The average molecular weight is 343 g/mol. The largest absolute Gasteiger partial charge is 0.497 e. The fourth-order valence-corrected chi connectivity index (χ4v) is 3.64. The number of ether oxygens (including phenoxy) is 2. The summed E-state index contributed by atoms with van der Waals surface area (Å²) in [4.78, 5) is 15.9. The summed E-state index contributed by atoms with van der Waals surface area (Å²) < 4.78 is 10.7. The van der Waals surface area contributed by atoms with Gasteiger partial charge in [0.2, 0.25) is 0 Å². The molecule has 6 heteroatoms. The van der Waals surface area contributed by atoms with Crippen LogP contribution in [-0.2, 0) is 0 Å². The van der Waals surface area contributed by atoms with Crippen LogP contribution in [0.3, 0.4) is 0 Å². The molecule has 0 radical (unpaired) electrons. The molecule has 0 aromatic heterocycles. The molecular formula is C18H17NO4S. The van der Waals surface area contributed by atoms with Crippen molar-refractivity contribution in [3.63, 3.8) is 0 Å². The topological polar surface area (TPSA) is 68.1 Å². The van der Waals surface area contributed by atoms with Crippen LogP contribution in [0, 0.1) is 0 Å². The van der Waals surface area contributed by atoms with Crippen molar-refractivity contribution < 1.29 is 19.4 Å². The van der Waals surface area contributed by atoms with E-state index < -0.39 is 5.97 Å². The molecule has 0 amide bonds. The normalized spacial score (nSPS) is 16.6. The number of nitrogens with zero attached hydrogens (tertiary/aromatic N) is 1. The standard InChI is InChI=1S/C18H17NO4S/c1-22-13-6-7-14(16(9-13)23-2)15-10-24-17(19-15)11-4-3-5-12(8-11)18(20)21/h3-9,15H,10H2,1-2H3,(H,20,21). The molecule has 1 N–H and O–H groups in total. The molecule has 0 fully saturated rings. The van der Waals surface area contributed by atoms with Crippen molar-refractivity contribution in [2.24, 2.45) is 4.99 Å². The highest BCUT2D eigenvalue weighted by Crippen LogP contribution is 2.38. The van der Waals surface area contributed by atoms with Crippen LogP contribution in [0.1, 0.15) is 27.5 Å². The van der Waals surface area contributed by atoms with Crippen molar-refractivity contribution in [2.45, 2.75) is 6.04 Å². The SMILES string of the molecule is COc1ccc(C2CSC(c3cccc(C(=O)O)c3)=N2)c(OC)c1. The summed E-state index contributed by atoms with van der Waals surface area (Å²) in [5.74, 6) is 1.33. The highest BCUT2D eigenvalue weighted by Gasteiger charge is 2.24. The summed E-state index contributed by atoms with van der Waals surface area (Å²) in [6, 6.07) is 12.5. The lowest BCUT2D eigenvalue weighted by atomic mass is 10.1. The van der Waals surface area contributed by atoms with Gasteiger partial charge in [-0.15, -0.1) is 11.8 Å². The van der Waals surface area contributed by atoms with E-state index in [0.29, 0.717) is 0 Å². The molecule has 1 atom stereocenters. The predicted octanol–water partition coefficient (Wildman–Crippen LogP) is 3.64. The van der Waals surface area contributed by atoms with Crippen LogP contribution in [0.2, 0.25) is 0 Å². The maximum atomic E-state index is 11.1. The van der Waals surface area contributed by atoms with E-state index in [4.69, 9.17) is 19.6 Å². The molecule has 0 aliphatic carbocycles. The number of hydrogen-bond donors (Lipinski definition) is 1. The van der Waals surface area contributed by atoms with Crippen molar-refractivity contribution in [2.75, 3.05) is 20.0 Å². The van der Waals surface area contributed by atoms with Crippen molar-refractivity contribution in [3.8, 4) is 11.5 Å². The number of rotatable bonds is 5. The number of thioether (sulfide) groups is 1. The van der Waals surface area contributed by atoms with Crippen LogP contribution in [0.5, 0.6) is 11.5 Å². The minimum Gasteiger partial charge on any atom is -0.497 e. The smallest absolute Gasteiger partial charge is 0.335 e. The second-order valence-corrected chi connectivity index (χ2v) is 6.26. The van der Waals surface area contributed by atoms with Crippen LogP contribution in [-0.4, -0.2) is 36.1 Å². The van der Waals surface area contributed by atoms with Gasteiger partial charge in [0, 0.05) is 22.9 Å². The molecule has 24 heavy (non-hydrogen) atoms. The van der Waals surface area contributed by atoms with Gasteiger partial charge in [0.05, 0.1) is 30.9 Å². The molecule has 0 saturated heterocycles. The summed E-state index contributed by atoms with van der Waals surface area (Å²) in [5, 5.41) is 9.97. The van der Waals surface area contributed by atoms with Crippen molar-refractivity contribution in [1.82, 2.24) is 0 Å². The monoisotopic (exact) mass is 343 g/mol. The Hall–Kier alpha value is -2.47. The number of benzene rings is 2. The van der Waals surface area contributed by atoms with Gasteiger partial charge in [-0.2, -0.15) is 0 Å². The number of methoxy groups -OCH3 is 2. The maximum Gasteiger partial charge on any atom is 0.335 e. The van der Waals surface area contributed by atoms with Gasteiger partial charge in [0.25, 0.3) is 0 Å². The lowest BCUT2D eigenvalue weighted by Crippen LogP contribution is -2.00. The number of hydrogen-bond acceptors (Lipinski definition) is 5. The first-order valence-corrected chi connectivity index (χ1v) is 8.37. The van der Waals surface area contributed by atoms with Crippen molar-refractivity contribution in [3.05, 3.63) is 59.2 Å². The van der Waals surface area contributed by atoms with Gasteiger partial charge in [-0.1, -0.05) is 12.1 Å². The minimum absolute atomic E-state index is 0.0284. The first-order chi connectivity index (χ1) is 11.6. The summed E-state index contributed by atoms with van der Waals surface area (Å²) in [6.45, 7) is 0. The molecule has 124 valence electrons.